The van der Waals surface area contributed by atoms with Gasteiger partial charge in [-0.1, -0.05) is 30.3 Å². The minimum Gasteiger partial charge on any atom is -0.394 e. The van der Waals surface area contributed by atoms with Crippen LogP contribution in [-0.2, 0) is 16.0 Å². The van der Waals surface area contributed by atoms with E-state index in [9.17, 15) is 24.9 Å². The summed E-state index contributed by atoms with van der Waals surface area (Å²) in [4.78, 5) is 33.2. The van der Waals surface area contributed by atoms with Crippen LogP contribution < -0.4 is 16.6 Å². The van der Waals surface area contributed by atoms with Crippen LogP contribution in [0.1, 0.15) is 24.3 Å². The first-order valence-electron chi connectivity index (χ1n) is 11.7. The summed E-state index contributed by atoms with van der Waals surface area (Å²) in [5.74, 6) is -0.473. The summed E-state index contributed by atoms with van der Waals surface area (Å²) in [6.07, 6.45) is -3.14. The minimum absolute atomic E-state index is 0.0514. The SMILES string of the molecule is CC(=O)Nc1c(-n2c(N)nc(=O)c3ncn(C4OC(CO)C(O)C4O)c32)ccc2c1Cc1ccccc1-2. The Morgan fingerprint density at radius 1 is 1.19 bits per heavy atom. The second kappa shape index (κ2) is 8.49. The molecule has 12 nitrogen and oxygen atoms in total. The summed E-state index contributed by atoms with van der Waals surface area (Å²) in [6, 6.07) is 11.6. The number of hydrogen-bond acceptors (Lipinski definition) is 9. The van der Waals surface area contributed by atoms with E-state index in [2.05, 4.69) is 15.3 Å². The van der Waals surface area contributed by atoms with Crippen molar-refractivity contribution in [3.63, 3.8) is 0 Å². The number of aliphatic hydroxyl groups is 3. The van der Waals surface area contributed by atoms with E-state index < -0.39 is 36.7 Å². The van der Waals surface area contributed by atoms with Crippen LogP contribution in [0.2, 0.25) is 0 Å². The van der Waals surface area contributed by atoms with Gasteiger partial charge in [-0.05, 0) is 28.3 Å². The third-order valence-electron chi connectivity index (χ3n) is 6.93. The van der Waals surface area contributed by atoms with Gasteiger partial charge in [-0.3, -0.25) is 18.7 Å². The zero-order chi connectivity index (χ0) is 26.0. The van der Waals surface area contributed by atoms with E-state index >= 15 is 0 Å². The van der Waals surface area contributed by atoms with Crippen molar-refractivity contribution in [1.82, 2.24) is 19.1 Å². The molecule has 2 aromatic heterocycles. The van der Waals surface area contributed by atoms with Gasteiger partial charge in [0.2, 0.25) is 11.9 Å². The standard InChI is InChI=1S/C25H24N6O6/c1-11(33)28-18-15-8-12-4-2-3-5-13(12)14(15)6-7-16(18)31-23-19(22(36)29-25(31)26)27-10-30(23)24-21(35)20(34)17(9-32)37-24/h2-7,10,17,20-21,24,32,34-35H,8-9H2,1H3,(H,28,33)(H2,26,29,36). The molecule has 2 aliphatic rings. The molecule has 1 aliphatic carbocycles. The molecule has 4 unspecified atom stereocenters. The minimum atomic E-state index is -1.42. The van der Waals surface area contributed by atoms with Gasteiger partial charge in [0, 0.05) is 13.3 Å². The van der Waals surface area contributed by atoms with Gasteiger partial charge in [0.25, 0.3) is 0 Å². The molecule has 37 heavy (non-hydrogen) atoms. The van der Waals surface area contributed by atoms with Crippen LogP contribution in [-0.4, -0.2) is 65.2 Å². The molecule has 0 spiro atoms. The number of ether oxygens (including phenoxy) is 1. The molecule has 0 radical (unpaired) electrons. The lowest BCUT2D eigenvalue weighted by molar-refractivity contribution is -0.114. The normalized spacial score (nSPS) is 22.3. The van der Waals surface area contributed by atoms with E-state index in [1.807, 2.05) is 30.3 Å². The second-order valence-electron chi connectivity index (χ2n) is 9.16. The van der Waals surface area contributed by atoms with Crippen molar-refractivity contribution in [2.24, 2.45) is 0 Å². The van der Waals surface area contributed by atoms with Crippen LogP contribution in [0.4, 0.5) is 11.6 Å². The van der Waals surface area contributed by atoms with Gasteiger partial charge in [-0.2, -0.15) is 4.98 Å². The Kier molecular flexibility index (Phi) is 5.35. The molecule has 0 saturated carbocycles. The Morgan fingerprint density at radius 2 is 1.97 bits per heavy atom. The summed E-state index contributed by atoms with van der Waals surface area (Å²) >= 11 is 0. The number of imidazole rings is 1. The Morgan fingerprint density at radius 3 is 2.70 bits per heavy atom. The molecule has 1 amide bonds. The highest BCUT2D eigenvalue weighted by Gasteiger charge is 2.44. The maximum Gasteiger partial charge on any atom is 0.302 e. The van der Waals surface area contributed by atoms with E-state index in [1.54, 1.807) is 6.07 Å². The molecule has 4 aromatic rings. The van der Waals surface area contributed by atoms with Crippen molar-refractivity contribution in [3.05, 3.63) is 64.2 Å². The quantitative estimate of drug-likeness (QED) is 0.230. The van der Waals surface area contributed by atoms with Crippen LogP contribution >= 0.6 is 0 Å². The number of anilines is 2. The van der Waals surface area contributed by atoms with E-state index in [1.165, 1.54) is 22.4 Å². The van der Waals surface area contributed by atoms with Gasteiger partial charge in [-0.25, -0.2) is 4.98 Å². The molecule has 190 valence electrons. The number of hydrogen-bond donors (Lipinski definition) is 5. The lowest BCUT2D eigenvalue weighted by atomic mass is 10.0. The van der Waals surface area contributed by atoms with Crippen LogP contribution in [0.15, 0.2) is 47.5 Å². The molecule has 1 aliphatic heterocycles. The van der Waals surface area contributed by atoms with Crippen LogP contribution in [0.5, 0.6) is 0 Å². The molecular weight excluding hydrogens is 480 g/mol. The smallest absolute Gasteiger partial charge is 0.302 e. The lowest BCUT2D eigenvalue weighted by Crippen LogP contribution is -2.33. The summed E-state index contributed by atoms with van der Waals surface area (Å²) in [5.41, 5.74) is 10.6. The molecular formula is C25H24N6O6. The fraction of sp³-hybridized carbons (Fsp3) is 0.280. The van der Waals surface area contributed by atoms with Gasteiger partial charge in [0.1, 0.15) is 18.3 Å². The van der Waals surface area contributed by atoms with Crippen LogP contribution in [0, 0.1) is 0 Å². The fourth-order valence-electron chi connectivity index (χ4n) is 5.28. The molecule has 0 bridgehead atoms. The van der Waals surface area contributed by atoms with Crippen molar-refractivity contribution in [3.8, 4) is 16.8 Å². The zero-order valence-electron chi connectivity index (χ0n) is 19.7. The molecule has 4 atom stereocenters. The number of aliphatic hydroxyl groups excluding tert-OH is 3. The van der Waals surface area contributed by atoms with Crippen molar-refractivity contribution in [2.75, 3.05) is 17.7 Å². The summed E-state index contributed by atoms with van der Waals surface area (Å²) in [6.45, 7) is 0.882. The van der Waals surface area contributed by atoms with Crippen LogP contribution in [0.3, 0.4) is 0 Å². The summed E-state index contributed by atoms with van der Waals surface area (Å²) < 4.78 is 8.53. The van der Waals surface area contributed by atoms with Crippen molar-refractivity contribution < 1.29 is 24.9 Å². The van der Waals surface area contributed by atoms with Crippen molar-refractivity contribution in [2.45, 2.75) is 37.9 Å². The van der Waals surface area contributed by atoms with Gasteiger partial charge in [0.15, 0.2) is 17.4 Å². The molecule has 6 N–H and O–H groups in total. The molecule has 1 saturated heterocycles. The molecule has 2 aromatic carbocycles. The summed E-state index contributed by atoms with van der Waals surface area (Å²) in [7, 11) is 0. The lowest BCUT2D eigenvalue weighted by Gasteiger charge is -2.22. The van der Waals surface area contributed by atoms with E-state index in [0.717, 1.165) is 22.3 Å². The molecule has 6 rings (SSSR count). The van der Waals surface area contributed by atoms with E-state index in [-0.39, 0.29) is 23.0 Å². The number of nitrogens with zero attached hydrogens (tertiary/aromatic N) is 4. The zero-order valence-corrected chi connectivity index (χ0v) is 19.7. The highest BCUT2D eigenvalue weighted by Crippen LogP contribution is 2.43. The number of benzene rings is 2. The number of nitrogen functional groups attached to an aromatic ring is 1. The van der Waals surface area contributed by atoms with Gasteiger partial charge < -0.3 is 31.1 Å². The van der Waals surface area contributed by atoms with Gasteiger partial charge in [0.05, 0.1) is 24.3 Å². The van der Waals surface area contributed by atoms with Crippen molar-refractivity contribution in [1.29, 1.82) is 0 Å². The second-order valence-corrected chi connectivity index (χ2v) is 9.16. The predicted molar refractivity (Wildman–Crippen MR) is 133 cm³/mol. The van der Waals surface area contributed by atoms with Gasteiger partial charge >= 0.3 is 5.56 Å². The average Bonchev–Trinajstić information content (AvgIpc) is 3.54. The molecule has 12 heteroatoms. The number of carbonyl (C=O) groups excluding carboxylic acids is 1. The maximum atomic E-state index is 12.7. The highest BCUT2D eigenvalue weighted by molar-refractivity contribution is 5.97. The topological polar surface area (TPSA) is 178 Å². The molecule has 3 heterocycles. The largest absolute Gasteiger partial charge is 0.394 e. The monoisotopic (exact) mass is 504 g/mol. The number of amides is 1. The number of aromatic nitrogens is 4. The molecule has 1 fully saturated rings. The number of nitrogens with one attached hydrogen (secondary N) is 1. The Hall–Kier alpha value is -4.10. The van der Waals surface area contributed by atoms with E-state index in [0.29, 0.717) is 17.8 Å². The number of nitrogens with two attached hydrogens (primary N) is 1. The first-order chi connectivity index (χ1) is 17.8. The number of fused-ring (bicyclic) bond motifs is 4. The third kappa shape index (κ3) is 3.45. The van der Waals surface area contributed by atoms with E-state index in [4.69, 9.17) is 10.5 Å². The average molecular weight is 505 g/mol. The number of carbonyl (C=O) groups is 1. The van der Waals surface area contributed by atoms with Crippen molar-refractivity contribution >= 4 is 28.7 Å². The Labute approximate surface area is 209 Å². The van der Waals surface area contributed by atoms with Gasteiger partial charge in [-0.15, -0.1) is 0 Å². The fourth-order valence-corrected chi connectivity index (χ4v) is 5.28. The first kappa shape index (κ1) is 23.3. The first-order valence-corrected chi connectivity index (χ1v) is 11.7. The van der Waals surface area contributed by atoms with Crippen LogP contribution in [0.25, 0.3) is 28.0 Å². The summed E-state index contributed by atoms with van der Waals surface area (Å²) in [5, 5.41) is 33.4. The Bertz CT molecular complexity index is 1630. The predicted octanol–water partition coefficient (Wildman–Crippen LogP) is 0.306. The highest BCUT2D eigenvalue weighted by atomic mass is 16.6. The third-order valence-corrected chi connectivity index (χ3v) is 6.93. The maximum absolute atomic E-state index is 12.7. The Balaban J connectivity index is 1.62. The number of rotatable bonds is 4.